The quantitative estimate of drug-likeness (QED) is 0.580. The van der Waals surface area contributed by atoms with E-state index in [1.54, 1.807) is 36.4 Å². The van der Waals surface area contributed by atoms with Gasteiger partial charge in [0.1, 0.15) is 5.75 Å². The predicted octanol–water partition coefficient (Wildman–Crippen LogP) is 2.78. The number of halogens is 1. The van der Waals surface area contributed by atoms with Crippen LogP contribution in [0.5, 0.6) is 5.75 Å². The fourth-order valence-electron chi connectivity index (χ4n) is 2.53. The molecule has 1 amide bonds. The van der Waals surface area contributed by atoms with Crippen LogP contribution in [0.15, 0.2) is 65.8 Å². The Labute approximate surface area is 182 Å². The summed E-state index contributed by atoms with van der Waals surface area (Å²) in [6.07, 6.45) is 3.76. The number of sulfonamides is 1. The van der Waals surface area contributed by atoms with Crippen molar-refractivity contribution in [2.75, 3.05) is 20.7 Å². The third kappa shape index (κ3) is 8.06. The first-order chi connectivity index (χ1) is 14.2. The Morgan fingerprint density at radius 1 is 1.13 bits per heavy atom. The highest BCUT2D eigenvalue weighted by Gasteiger charge is 2.17. The minimum Gasteiger partial charge on any atom is -0.484 e. The lowest BCUT2D eigenvalue weighted by Gasteiger charge is -2.15. The maximum atomic E-state index is 12.4. The molecular weight excluding hydrogens is 426 g/mol. The molecule has 0 aliphatic rings. The fraction of sp³-hybridized carbons (Fsp3) is 0.286. The molecule has 0 heterocycles. The van der Waals surface area contributed by atoms with E-state index in [9.17, 15) is 13.2 Å². The molecule has 162 valence electrons. The monoisotopic (exact) mass is 451 g/mol. The minimum absolute atomic E-state index is 0.103. The Balaban J connectivity index is 1.84. The van der Waals surface area contributed by atoms with Crippen molar-refractivity contribution in [3.05, 3.63) is 71.5 Å². The van der Waals surface area contributed by atoms with Crippen LogP contribution in [-0.4, -0.2) is 46.0 Å². The van der Waals surface area contributed by atoms with Gasteiger partial charge in [0.05, 0.1) is 4.90 Å². The van der Waals surface area contributed by atoms with Crippen molar-refractivity contribution in [3.63, 3.8) is 0 Å². The molecule has 0 aliphatic heterocycles. The molecule has 0 radical (unpaired) electrons. The van der Waals surface area contributed by atoms with Gasteiger partial charge in [-0.2, -0.15) is 0 Å². The molecule has 0 spiro atoms. The van der Waals surface area contributed by atoms with Gasteiger partial charge < -0.3 is 15.0 Å². The number of benzene rings is 2. The predicted molar refractivity (Wildman–Crippen MR) is 118 cm³/mol. The summed E-state index contributed by atoms with van der Waals surface area (Å²) in [7, 11) is 0.0806. The number of ether oxygens (including phenoxy) is 1. The number of carbonyl (C=O) groups excluding carboxylic acids is 1. The van der Waals surface area contributed by atoms with Crippen LogP contribution < -0.4 is 14.8 Å². The van der Waals surface area contributed by atoms with Crippen LogP contribution in [0, 0.1) is 0 Å². The third-order valence-electron chi connectivity index (χ3n) is 3.93. The van der Waals surface area contributed by atoms with Gasteiger partial charge in [0.25, 0.3) is 5.91 Å². The minimum atomic E-state index is -3.62. The number of rotatable bonds is 10. The maximum Gasteiger partial charge on any atom is 0.261 e. The Morgan fingerprint density at radius 3 is 2.37 bits per heavy atom. The molecule has 1 atom stereocenters. The molecule has 0 aromatic heterocycles. The first kappa shape index (κ1) is 23.7. The second-order valence-electron chi connectivity index (χ2n) is 6.96. The molecule has 0 saturated heterocycles. The van der Waals surface area contributed by atoms with Crippen LogP contribution in [0.25, 0.3) is 0 Å². The molecule has 2 aromatic carbocycles. The van der Waals surface area contributed by atoms with Gasteiger partial charge in [0.2, 0.25) is 10.0 Å². The van der Waals surface area contributed by atoms with Gasteiger partial charge in [-0.05, 0) is 55.3 Å². The highest BCUT2D eigenvalue weighted by atomic mass is 35.5. The van der Waals surface area contributed by atoms with Crippen LogP contribution in [0.3, 0.4) is 0 Å². The van der Waals surface area contributed by atoms with E-state index in [1.165, 1.54) is 24.3 Å². The highest BCUT2D eigenvalue weighted by molar-refractivity contribution is 7.89. The average Bonchev–Trinajstić information content (AvgIpc) is 2.67. The SMILES string of the molecule is CC(Cc1ccc(OCC(=O)N/C=C/N(C)C)cc1)NS(=O)(=O)c1ccc(Cl)cc1. The lowest BCUT2D eigenvalue weighted by Crippen LogP contribution is -2.34. The fourth-order valence-corrected chi connectivity index (χ4v) is 3.90. The average molecular weight is 452 g/mol. The van der Waals surface area contributed by atoms with E-state index in [4.69, 9.17) is 16.3 Å². The van der Waals surface area contributed by atoms with E-state index in [2.05, 4.69) is 10.0 Å². The third-order valence-corrected chi connectivity index (χ3v) is 5.79. The summed E-state index contributed by atoms with van der Waals surface area (Å²) in [6.45, 7) is 1.69. The van der Waals surface area contributed by atoms with Crippen molar-refractivity contribution >= 4 is 27.5 Å². The molecule has 30 heavy (non-hydrogen) atoms. The Bertz CT molecular complexity index is 959. The largest absolute Gasteiger partial charge is 0.484 e. The molecular formula is C21H26ClN3O4S. The topological polar surface area (TPSA) is 87.7 Å². The molecule has 0 fully saturated rings. The summed E-state index contributed by atoms with van der Waals surface area (Å²) < 4.78 is 33.0. The standard InChI is InChI=1S/C21H26ClN3O4S/c1-16(24-30(27,28)20-10-6-18(22)7-11-20)14-17-4-8-19(9-5-17)29-15-21(26)23-12-13-25(2)3/h4-13,16,24H,14-15H2,1-3H3,(H,23,26)/b13-12+. The highest BCUT2D eigenvalue weighted by Crippen LogP contribution is 2.16. The number of hydrogen-bond acceptors (Lipinski definition) is 5. The number of nitrogens with one attached hydrogen (secondary N) is 2. The summed E-state index contributed by atoms with van der Waals surface area (Å²) >= 11 is 5.81. The van der Waals surface area contributed by atoms with Gasteiger partial charge in [-0.3, -0.25) is 4.79 Å². The maximum absolute atomic E-state index is 12.4. The van der Waals surface area contributed by atoms with E-state index in [1.807, 2.05) is 26.2 Å². The molecule has 9 heteroatoms. The second-order valence-corrected chi connectivity index (χ2v) is 9.11. The smallest absolute Gasteiger partial charge is 0.261 e. The van der Waals surface area contributed by atoms with Crippen LogP contribution in [0.1, 0.15) is 12.5 Å². The van der Waals surface area contributed by atoms with Crippen molar-refractivity contribution in [2.45, 2.75) is 24.3 Å². The van der Waals surface area contributed by atoms with Gasteiger partial charge in [0, 0.05) is 37.6 Å². The molecule has 1 unspecified atom stereocenters. The molecule has 2 rings (SSSR count). The zero-order valence-corrected chi connectivity index (χ0v) is 18.7. The van der Waals surface area contributed by atoms with Crippen molar-refractivity contribution < 1.29 is 17.9 Å². The van der Waals surface area contributed by atoms with Gasteiger partial charge in [-0.1, -0.05) is 23.7 Å². The molecule has 2 N–H and O–H groups in total. The van der Waals surface area contributed by atoms with Crippen molar-refractivity contribution in [1.29, 1.82) is 0 Å². The number of amides is 1. The zero-order valence-electron chi connectivity index (χ0n) is 17.1. The number of hydrogen-bond donors (Lipinski definition) is 2. The lowest BCUT2D eigenvalue weighted by molar-refractivity contribution is -0.122. The molecule has 0 saturated carbocycles. The van der Waals surface area contributed by atoms with Crippen molar-refractivity contribution in [2.24, 2.45) is 0 Å². The molecule has 7 nitrogen and oxygen atoms in total. The second kappa shape index (κ2) is 11.0. The van der Waals surface area contributed by atoms with Crippen molar-refractivity contribution in [3.8, 4) is 5.75 Å². The summed E-state index contributed by atoms with van der Waals surface area (Å²) in [5.41, 5.74) is 0.937. The summed E-state index contributed by atoms with van der Waals surface area (Å²) in [5.74, 6) is 0.294. The van der Waals surface area contributed by atoms with E-state index < -0.39 is 10.0 Å². The first-order valence-corrected chi connectivity index (χ1v) is 11.1. The summed E-state index contributed by atoms with van der Waals surface area (Å²) in [6, 6.07) is 12.9. The van der Waals surface area contributed by atoms with E-state index in [0.29, 0.717) is 17.2 Å². The van der Waals surface area contributed by atoms with Crippen molar-refractivity contribution in [1.82, 2.24) is 14.9 Å². The van der Waals surface area contributed by atoms with E-state index in [-0.39, 0.29) is 23.5 Å². The van der Waals surface area contributed by atoms with E-state index in [0.717, 1.165) is 5.56 Å². The van der Waals surface area contributed by atoms with Gasteiger partial charge in [-0.15, -0.1) is 0 Å². The Hall–Kier alpha value is -2.55. The first-order valence-electron chi connectivity index (χ1n) is 9.28. The van der Waals surface area contributed by atoms with Gasteiger partial charge in [-0.25, -0.2) is 13.1 Å². The van der Waals surface area contributed by atoms with Crippen LogP contribution in [-0.2, 0) is 21.2 Å². The Morgan fingerprint density at radius 2 is 1.77 bits per heavy atom. The van der Waals surface area contributed by atoms with Gasteiger partial charge in [0.15, 0.2) is 6.61 Å². The Kier molecular flexibility index (Phi) is 8.71. The lowest BCUT2D eigenvalue weighted by atomic mass is 10.1. The van der Waals surface area contributed by atoms with Crippen LogP contribution in [0.4, 0.5) is 0 Å². The summed E-state index contributed by atoms with van der Waals surface area (Å²) in [4.78, 5) is 13.7. The normalized spacial score (nSPS) is 12.5. The summed E-state index contributed by atoms with van der Waals surface area (Å²) in [5, 5.41) is 3.08. The molecule has 0 bridgehead atoms. The van der Waals surface area contributed by atoms with E-state index >= 15 is 0 Å². The van der Waals surface area contributed by atoms with Crippen LogP contribution >= 0.6 is 11.6 Å². The molecule has 2 aromatic rings. The van der Waals surface area contributed by atoms with Gasteiger partial charge >= 0.3 is 0 Å². The molecule has 0 aliphatic carbocycles. The number of carbonyl (C=O) groups is 1. The number of nitrogens with zero attached hydrogens (tertiary/aromatic N) is 1. The van der Waals surface area contributed by atoms with Crippen LogP contribution in [0.2, 0.25) is 5.02 Å². The zero-order chi connectivity index (χ0) is 22.1.